The highest BCUT2D eigenvalue weighted by atomic mass is 16.3. The van der Waals surface area contributed by atoms with Crippen LogP contribution in [0.15, 0.2) is 28.9 Å². The molecule has 3 N–H and O–H groups in total. The molecule has 6 heteroatoms. The van der Waals surface area contributed by atoms with Gasteiger partial charge in [0.1, 0.15) is 5.76 Å². The summed E-state index contributed by atoms with van der Waals surface area (Å²) in [5.74, 6) is 0.398. The molecule has 1 heterocycles. The van der Waals surface area contributed by atoms with Gasteiger partial charge in [0.15, 0.2) is 0 Å². The van der Waals surface area contributed by atoms with E-state index < -0.39 is 0 Å². The van der Waals surface area contributed by atoms with Crippen molar-refractivity contribution >= 4 is 17.9 Å². The van der Waals surface area contributed by atoms with Gasteiger partial charge < -0.3 is 20.2 Å². The Hall–Kier alpha value is -2.08. The zero-order chi connectivity index (χ0) is 16.5. The normalized spacial score (nSPS) is 21.3. The number of hydrogen-bond donors (Lipinski definition) is 3. The zero-order valence-electron chi connectivity index (χ0n) is 13.2. The molecule has 1 aromatic rings. The van der Waals surface area contributed by atoms with E-state index in [1.165, 1.54) is 12.3 Å². The number of carbonyl (C=O) groups excluding carboxylic acids is 2. The Morgan fingerprint density at radius 1 is 1.35 bits per heavy atom. The average molecular weight is 320 g/mol. The van der Waals surface area contributed by atoms with Gasteiger partial charge in [-0.3, -0.25) is 9.59 Å². The van der Waals surface area contributed by atoms with E-state index in [0.29, 0.717) is 5.76 Å². The van der Waals surface area contributed by atoms with E-state index in [-0.39, 0.29) is 43.3 Å². The van der Waals surface area contributed by atoms with Gasteiger partial charge in [-0.25, -0.2) is 0 Å². The van der Waals surface area contributed by atoms with E-state index in [9.17, 15) is 14.7 Å². The van der Waals surface area contributed by atoms with Crippen molar-refractivity contribution in [3.63, 3.8) is 0 Å². The maximum Gasteiger partial charge on any atom is 0.244 e. The Labute approximate surface area is 135 Å². The molecule has 2 atom stereocenters. The lowest BCUT2D eigenvalue weighted by Crippen LogP contribution is -2.44. The third-order valence-electron chi connectivity index (χ3n) is 4.08. The molecular formula is C17H24N2O4. The molecule has 0 saturated heterocycles. The minimum absolute atomic E-state index is 0.0517. The van der Waals surface area contributed by atoms with Crippen LogP contribution in [0, 0.1) is 5.92 Å². The Morgan fingerprint density at radius 2 is 2.17 bits per heavy atom. The minimum Gasteiger partial charge on any atom is -0.465 e. The molecule has 6 nitrogen and oxygen atoms in total. The van der Waals surface area contributed by atoms with Gasteiger partial charge in [-0.05, 0) is 31.1 Å². The third kappa shape index (κ3) is 5.90. The maximum absolute atomic E-state index is 11.9. The van der Waals surface area contributed by atoms with Crippen LogP contribution >= 0.6 is 0 Å². The van der Waals surface area contributed by atoms with Gasteiger partial charge in [0.05, 0.1) is 6.26 Å². The molecule has 0 aromatic carbocycles. The first-order valence-electron chi connectivity index (χ1n) is 8.08. The minimum atomic E-state index is -0.264. The molecule has 1 aliphatic rings. The molecule has 1 aliphatic carbocycles. The highest BCUT2D eigenvalue weighted by molar-refractivity contribution is 5.91. The maximum atomic E-state index is 11.9. The van der Waals surface area contributed by atoms with Gasteiger partial charge in [0, 0.05) is 37.6 Å². The summed E-state index contributed by atoms with van der Waals surface area (Å²) in [4.78, 5) is 23.5. The average Bonchev–Trinajstić information content (AvgIpc) is 3.07. The number of carbonyl (C=O) groups is 2. The van der Waals surface area contributed by atoms with E-state index in [1.54, 1.807) is 18.2 Å². The Bertz CT molecular complexity index is 525. The molecule has 1 aromatic heterocycles. The summed E-state index contributed by atoms with van der Waals surface area (Å²) in [6, 6.07) is 3.54. The van der Waals surface area contributed by atoms with Crippen LogP contribution in [-0.2, 0) is 9.59 Å². The largest absolute Gasteiger partial charge is 0.465 e. The van der Waals surface area contributed by atoms with Gasteiger partial charge in [-0.1, -0.05) is 12.8 Å². The summed E-state index contributed by atoms with van der Waals surface area (Å²) in [6.45, 7) is 0.392. The molecule has 0 spiro atoms. The summed E-state index contributed by atoms with van der Waals surface area (Å²) < 4.78 is 5.08. The second kappa shape index (κ2) is 9.15. The van der Waals surface area contributed by atoms with Crippen LogP contribution in [0.1, 0.15) is 37.9 Å². The fourth-order valence-electron chi connectivity index (χ4n) is 2.80. The standard InChI is InChI=1S/C17H24N2O4/c20-12-13-4-1-2-6-15(13)19-17(22)9-10-18-16(21)8-7-14-5-3-11-23-14/h3,5,7-8,11,13,15,20H,1-2,4,6,9-10,12H2,(H,18,21)(H,19,22)/b8-7+. The molecule has 2 unspecified atom stereocenters. The number of rotatable bonds is 7. The van der Waals surface area contributed by atoms with Crippen LogP contribution in [0.5, 0.6) is 0 Å². The number of amides is 2. The molecule has 0 bridgehead atoms. The Balaban J connectivity index is 1.65. The van der Waals surface area contributed by atoms with E-state index >= 15 is 0 Å². The fourth-order valence-corrected chi connectivity index (χ4v) is 2.80. The van der Waals surface area contributed by atoms with E-state index in [1.807, 2.05) is 0 Å². The fraction of sp³-hybridized carbons (Fsp3) is 0.529. The van der Waals surface area contributed by atoms with Crippen molar-refractivity contribution in [3.8, 4) is 0 Å². The summed E-state index contributed by atoms with van der Waals surface area (Å²) in [5, 5.41) is 15.0. The topological polar surface area (TPSA) is 91.6 Å². The summed E-state index contributed by atoms with van der Waals surface area (Å²) in [5.41, 5.74) is 0. The van der Waals surface area contributed by atoms with Gasteiger partial charge in [0.25, 0.3) is 0 Å². The number of nitrogens with one attached hydrogen (secondary N) is 2. The first kappa shape index (κ1) is 17.3. The van der Waals surface area contributed by atoms with Crippen molar-refractivity contribution < 1.29 is 19.1 Å². The highest BCUT2D eigenvalue weighted by Crippen LogP contribution is 2.23. The van der Waals surface area contributed by atoms with Crippen LogP contribution in [0.3, 0.4) is 0 Å². The molecule has 2 amide bonds. The number of hydrogen-bond acceptors (Lipinski definition) is 4. The predicted molar refractivity (Wildman–Crippen MR) is 86.3 cm³/mol. The van der Waals surface area contributed by atoms with Crippen molar-refractivity contribution in [2.24, 2.45) is 5.92 Å². The highest BCUT2D eigenvalue weighted by Gasteiger charge is 2.25. The summed E-state index contributed by atoms with van der Waals surface area (Å²) in [7, 11) is 0. The summed E-state index contributed by atoms with van der Waals surface area (Å²) >= 11 is 0. The Kier molecular flexibility index (Phi) is 6.87. The van der Waals surface area contributed by atoms with Gasteiger partial charge in [-0.2, -0.15) is 0 Å². The molecule has 126 valence electrons. The lowest BCUT2D eigenvalue weighted by molar-refractivity contribution is -0.122. The van der Waals surface area contributed by atoms with Crippen LogP contribution in [-0.4, -0.2) is 36.1 Å². The molecule has 1 fully saturated rings. The molecule has 2 rings (SSSR count). The van der Waals surface area contributed by atoms with Crippen molar-refractivity contribution in [1.82, 2.24) is 10.6 Å². The SMILES string of the molecule is O=C(/C=C/c1ccco1)NCCC(=O)NC1CCCCC1CO. The molecule has 1 saturated carbocycles. The molecule has 0 radical (unpaired) electrons. The van der Waals surface area contributed by atoms with E-state index in [2.05, 4.69) is 10.6 Å². The van der Waals surface area contributed by atoms with Crippen LogP contribution in [0.25, 0.3) is 6.08 Å². The van der Waals surface area contributed by atoms with Crippen LogP contribution < -0.4 is 10.6 Å². The first-order chi connectivity index (χ1) is 11.2. The lowest BCUT2D eigenvalue weighted by atomic mass is 9.85. The zero-order valence-corrected chi connectivity index (χ0v) is 13.2. The van der Waals surface area contributed by atoms with Crippen LogP contribution in [0.2, 0.25) is 0 Å². The third-order valence-corrected chi connectivity index (χ3v) is 4.08. The number of furan rings is 1. The molecule has 23 heavy (non-hydrogen) atoms. The van der Waals surface area contributed by atoms with Crippen LogP contribution in [0.4, 0.5) is 0 Å². The second-order valence-electron chi connectivity index (χ2n) is 5.79. The van der Waals surface area contributed by atoms with Crippen molar-refractivity contribution in [2.45, 2.75) is 38.1 Å². The van der Waals surface area contributed by atoms with Crippen molar-refractivity contribution in [1.29, 1.82) is 0 Å². The monoisotopic (exact) mass is 320 g/mol. The number of aliphatic hydroxyl groups excluding tert-OH is 1. The first-order valence-corrected chi connectivity index (χ1v) is 8.08. The molecule has 0 aliphatic heterocycles. The number of aliphatic hydroxyl groups is 1. The predicted octanol–water partition coefficient (Wildman–Crippen LogP) is 1.47. The van der Waals surface area contributed by atoms with E-state index in [4.69, 9.17) is 4.42 Å². The van der Waals surface area contributed by atoms with E-state index in [0.717, 1.165) is 25.7 Å². The summed E-state index contributed by atoms with van der Waals surface area (Å²) in [6.07, 6.45) is 8.77. The quantitative estimate of drug-likeness (QED) is 0.663. The van der Waals surface area contributed by atoms with Crippen molar-refractivity contribution in [3.05, 3.63) is 30.2 Å². The lowest BCUT2D eigenvalue weighted by Gasteiger charge is -2.30. The van der Waals surface area contributed by atoms with Crippen molar-refractivity contribution in [2.75, 3.05) is 13.2 Å². The molecular weight excluding hydrogens is 296 g/mol. The van der Waals surface area contributed by atoms with Gasteiger partial charge >= 0.3 is 0 Å². The Morgan fingerprint density at radius 3 is 2.91 bits per heavy atom. The van der Waals surface area contributed by atoms with Gasteiger partial charge in [0.2, 0.25) is 11.8 Å². The smallest absolute Gasteiger partial charge is 0.244 e. The van der Waals surface area contributed by atoms with Gasteiger partial charge in [-0.15, -0.1) is 0 Å². The second-order valence-corrected chi connectivity index (χ2v) is 5.79.